The van der Waals surface area contributed by atoms with Gasteiger partial charge in [-0.2, -0.15) is 0 Å². The number of aryl methyl sites for hydroxylation is 1. The lowest BCUT2D eigenvalue weighted by Gasteiger charge is -1.99. The van der Waals surface area contributed by atoms with Crippen molar-refractivity contribution in [1.29, 1.82) is 0 Å². The number of aromatic nitrogens is 1. The van der Waals surface area contributed by atoms with E-state index in [0.29, 0.717) is 10.6 Å². The van der Waals surface area contributed by atoms with Crippen LogP contribution in [0.5, 0.6) is 0 Å². The van der Waals surface area contributed by atoms with E-state index in [0.717, 1.165) is 5.56 Å². The van der Waals surface area contributed by atoms with Gasteiger partial charge in [-0.05, 0) is 30.7 Å². The van der Waals surface area contributed by atoms with Gasteiger partial charge in [0.2, 0.25) is 17.3 Å². The number of hydrogen-bond donors (Lipinski definition) is 0. The van der Waals surface area contributed by atoms with Gasteiger partial charge in [0.25, 0.3) is 0 Å². The van der Waals surface area contributed by atoms with Gasteiger partial charge in [-0.15, -0.1) is 0 Å². The summed E-state index contributed by atoms with van der Waals surface area (Å²) in [7, 11) is 2.36. The maximum Gasteiger partial charge on any atom is 0.376 e. The van der Waals surface area contributed by atoms with E-state index in [1.165, 1.54) is 14.2 Å². The lowest BCUT2D eigenvalue weighted by Crippen LogP contribution is -2.10. The van der Waals surface area contributed by atoms with Crippen LogP contribution in [0.25, 0.3) is 11.5 Å². The van der Waals surface area contributed by atoms with Crippen LogP contribution in [0.3, 0.4) is 0 Å². The van der Waals surface area contributed by atoms with Gasteiger partial charge < -0.3 is 13.9 Å². The van der Waals surface area contributed by atoms with Gasteiger partial charge in [-0.3, -0.25) is 0 Å². The van der Waals surface area contributed by atoms with Crippen molar-refractivity contribution in [2.45, 2.75) is 6.92 Å². The third-order valence-electron chi connectivity index (χ3n) is 2.67. The van der Waals surface area contributed by atoms with Crippen molar-refractivity contribution in [3.8, 4) is 11.5 Å². The van der Waals surface area contributed by atoms with Gasteiger partial charge in [-0.25, -0.2) is 14.6 Å². The predicted molar refractivity (Wildman–Crippen MR) is 74.4 cm³/mol. The lowest BCUT2D eigenvalue weighted by molar-refractivity contribution is 0.0527. The molecule has 0 saturated carbocycles. The average molecular weight is 310 g/mol. The highest BCUT2D eigenvalue weighted by atomic mass is 35.5. The van der Waals surface area contributed by atoms with Crippen molar-refractivity contribution in [3.05, 3.63) is 40.2 Å². The molecule has 0 saturated heterocycles. The second kappa shape index (κ2) is 5.97. The van der Waals surface area contributed by atoms with Crippen LogP contribution >= 0.6 is 11.6 Å². The quantitative estimate of drug-likeness (QED) is 0.811. The standard InChI is InChI=1S/C14H12ClNO5/c1-7-4-8(6-9(15)5-7)12-16-10(13(17)19-2)11(21-12)14(18)20-3/h4-6H,1-3H3. The highest BCUT2D eigenvalue weighted by Gasteiger charge is 2.27. The van der Waals surface area contributed by atoms with E-state index in [1.807, 2.05) is 6.92 Å². The summed E-state index contributed by atoms with van der Waals surface area (Å²) in [6.45, 7) is 1.85. The van der Waals surface area contributed by atoms with E-state index in [2.05, 4.69) is 14.5 Å². The molecule has 110 valence electrons. The minimum Gasteiger partial charge on any atom is -0.464 e. The number of benzene rings is 1. The maximum atomic E-state index is 11.7. The third-order valence-corrected chi connectivity index (χ3v) is 2.88. The molecule has 1 aromatic heterocycles. The zero-order valence-electron chi connectivity index (χ0n) is 11.6. The predicted octanol–water partition coefficient (Wildman–Crippen LogP) is 2.88. The minimum absolute atomic E-state index is 0.0846. The van der Waals surface area contributed by atoms with Crippen molar-refractivity contribution in [2.24, 2.45) is 0 Å². The number of nitrogens with zero attached hydrogens (tertiary/aromatic N) is 1. The molecule has 2 rings (SSSR count). The van der Waals surface area contributed by atoms with Crippen molar-refractivity contribution in [1.82, 2.24) is 4.98 Å². The molecule has 0 unspecified atom stereocenters. The molecular weight excluding hydrogens is 298 g/mol. The van der Waals surface area contributed by atoms with E-state index in [1.54, 1.807) is 18.2 Å². The number of esters is 2. The molecule has 0 fully saturated rings. The van der Waals surface area contributed by atoms with Crippen LogP contribution in [0.1, 0.15) is 26.6 Å². The van der Waals surface area contributed by atoms with Gasteiger partial charge >= 0.3 is 11.9 Å². The number of carbonyl (C=O) groups excluding carboxylic acids is 2. The number of methoxy groups -OCH3 is 2. The zero-order valence-corrected chi connectivity index (χ0v) is 12.4. The molecule has 21 heavy (non-hydrogen) atoms. The summed E-state index contributed by atoms with van der Waals surface area (Å²) in [5.74, 6) is -1.82. The maximum absolute atomic E-state index is 11.7. The Kier molecular flexibility index (Phi) is 4.28. The first kappa shape index (κ1) is 15.1. The smallest absolute Gasteiger partial charge is 0.376 e. The zero-order chi connectivity index (χ0) is 15.6. The first-order chi connectivity index (χ1) is 9.96. The van der Waals surface area contributed by atoms with Crippen LogP contribution in [0.2, 0.25) is 5.02 Å². The van der Waals surface area contributed by atoms with Gasteiger partial charge in [-0.1, -0.05) is 11.6 Å². The molecule has 2 aromatic rings. The molecule has 1 aromatic carbocycles. The summed E-state index contributed by atoms with van der Waals surface area (Å²) in [6.07, 6.45) is 0. The third kappa shape index (κ3) is 3.05. The Bertz CT molecular complexity index is 654. The summed E-state index contributed by atoms with van der Waals surface area (Å²) in [5, 5.41) is 0.488. The van der Waals surface area contributed by atoms with E-state index in [4.69, 9.17) is 16.0 Å². The van der Waals surface area contributed by atoms with Gasteiger partial charge in [0.15, 0.2) is 0 Å². The SMILES string of the molecule is COC(=O)c1nc(-c2cc(C)cc(Cl)c2)oc1C(=O)OC. The summed E-state index contributed by atoms with van der Waals surface area (Å²) >= 11 is 5.97. The van der Waals surface area contributed by atoms with Crippen LogP contribution < -0.4 is 0 Å². The molecule has 6 nitrogen and oxygen atoms in total. The number of halogens is 1. The lowest BCUT2D eigenvalue weighted by atomic mass is 10.1. The van der Waals surface area contributed by atoms with Crippen molar-refractivity contribution < 1.29 is 23.5 Å². The molecule has 0 bridgehead atoms. The van der Waals surface area contributed by atoms with Crippen LogP contribution in [0.15, 0.2) is 22.6 Å². The number of rotatable bonds is 3. The van der Waals surface area contributed by atoms with E-state index in [-0.39, 0.29) is 17.3 Å². The normalized spacial score (nSPS) is 10.3. The average Bonchev–Trinajstić information content (AvgIpc) is 2.89. The number of oxazole rings is 1. The fraction of sp³-hybridized carbons (Fsp3) is 0.214. The molecule has 0 aliphatic rings. The Morgan fingerprint density at radius 2 is 1.81 bits per heavy atom. The number of ether oxygens (including phenoxy) is 2. The Morgan fingerprint density at radius 1 is 1.14 bits per heavy atom. The topological polar surface area (TPSA) is 78.6 Å². The Labute approximate surface area is 125 Å². The summed E-state index contributed by atoms with van der Waals surface area (Å²) in [5.41, 5.74) is 1.19. The molecule has 0 radical (unpaired) electrons. The van der Waals surface area contributed by atoms with Crippen molar-refractivity contribution >= 4 is 23.5 Å². The fourth-order valence-electron chi connectivity index (χ4n) is 1.77. The van der Waals surface area contributed by atoms with Gasteiger partial charge in [0.1, 0.15) is 0 Å². The second-order valence-electron chi connectivity index (χ2n) is 4.20. The first-order valence-electron chi connectivity index (χ1n) is 5.91. The molecule has 0 spiro atoms. The Hall–Kier alpha value is -2.34. The van der Waals surface area contributed by atoms with Crippen molar-refractivity contribution in [3.63, 3.8) is 0 Å². The molecule has 1 heterocycles. The molecule has 0 amide bonds. The Morgan fingerprint density at radius 3 is 2.38 bits per heavy atom. The highest BCUT2D eigenvalue weighted by Crippen LogP contribution is 2.26. The first-order valence-corrected chi connectivity index (χ1v) is 6.29. The summed E-state index contributed by atoms with van der Waals surface area (Å²) in [4.78, 5) is 27.3. The molecular formula is C14H12ClNO5. The largest absolute Gasteiger partial charge is 0.464 e. The second-order valence-corrected chi connectivity index (χ2v) is 4.63. The van der Waals surface area contributed by atoms with E-state index >= 15 is 0 Å². The molecule has 0 aliphatic heterocycles. The summed E-state index contributed by atoms with van der Waals surface area (Å²) in [6, 6.07) is 5.14. The number of carbonyl (C=O) groups is 2. The van der Waals surface area contributed by atoms with Crippen molar-refractivity contribution in [2.75, 3.05) is 14.2 Å². The molecule has 0 aliphatic carbocycles. The molecule has 0 N–H and O–H groups in total. The Balaban J connectivity index is 2.57. The van der Waals surface area contributed by atoms with Gasteiger partial charge in [0, 0.05) is 10.6 Å². The van der Waals surface area contributed by atoms with Crippen LogP contribution in [-0.4, -0.2) is 31.1 Å². The van der Waals surface area contributed by atoms with Crippen LogP contribution in [0, 0.1) is 6.92 Å². The van der Waals surface area contributed by atoms with Gasteiger partial charge in [0.05, 0.1) is 14.2 Å². The van der Waals surface area contributed by atoms with E-state index in [9.17, 15) is 9.59 Å². The molecule has 7 heteroatoms. The van der Waals surface area contributed by atoms with E-state index < -0.39 is 11.9 Å². The monoisotopic (exact) mass is 309 g/mol. The number of hydrogen-bond acceptors (Lipinski definition) is 6. The molecule has 0 atom stereocenters. The van der Waals surface area contributed by atoms with Crippen LogP contribution in [0.4, 0.5) is 0 Å². The summed E-state index contributed by atoms with van der Waals surface area (Å²) < 4.78 is 14.5. The van der Waals surface area contributed by atoms with Crippen LogP contribution in [-0.2, 0) is 9.47 Å². The fourth-order valence-corrected chi connectivity index (χ4v) is 2.06. The highest BCUT2D eigenvalue weighted by molar-refractivity contribution is 6.30. The minimum atomic E-state index is -0.812.